The summed E-state index contributed by atoms with van der Waals surface area (Å²) in [6, 6.07) is 13.4. The van der Waals surface area contributed by atoms with Gasteiger partial charge in [-0.15, -0.1) is 0 Å². The first kappa shape index (κ1) is 21.3. The van der Waals surface area contributed by atoms with E-state index in [1.807, 2.05) is 13.0 Å². The third kappa shape index (κ3) is 4.71. The first-order valence-electron chi connectivity index (χ1n) is 12.3. The van der Waals surface area contributed by atoms with Crippen molar-refractivity contribution in [1.29, 1.82) is 0 Å². The van der Waals surface area contributed by atoms with Crippen molar-refractivity contribution >= 4 is 5.57 Å². The van der Waals surface area contributed by atoms with Crippen LogP contribution in [-0.2, 0) is 19.3 Å². The van der Waals surface area contributed by atoms with Crippen LogP contribution in [0.25, 0.3) is 5.57 Å². The number of hydrogen-bond acceptors (Lipinski definition) is 0. The minimum absolute atomic E-state index is 0.0194. The Kier molecular flexibility index (Phi) is 7.08. The first-order valence-corrected chi connectivity index (χ1v) is 12.3. The Balaban J connectivity index is 1.37. The van der Waals surface area contributed by atoms with Crippen molar-refractivity contribution in [3.8, 4) is 0 Å². The second-order valence-electron chi connectivity index (χ2n) is 9.48. The summed E-state index contributed by atoms with van der Waals surface area (Å²) >= 11 is 0. The van der Waals surface area contributed by atoms with E-state index in [2.05, 4.69) is 43.3 Å². The Hall–Kier alpha value is -1.89. The zero-order chi connectivity index (χ0) is 20.9. The topological polar surface area (TPSA) is 0 Å². The molecule has 0 atom stereocenters. The molecule has 0 nitrogen and oxygen atoms in total. The van der Waals surface area contributed by atoms with E-state index >= 15 is 0 Å². The summed E-state index contributed by atoms with van der Waals surface area (Å²) in [5.41, 5.74) is 7.07. The van der Waals surface area contributed by atoms with Gasteiger partial charge >= 0.3 is 0 Å². The van der Waals surface area contributed by atoms with Crippen molar-refractivity contribution < 1.29 is 4.39 Å². The summed E-state index contributed by atoms with van der Waals surface area (Å²) in [7, 11) is 0. The summed E-state index contributed by atoms with van der Waals surface area (Å²) in [6.45, 7) is 4.32. The predicted molar refractivity (Wildman–Crippen MR) is 126 cm³/mol. The van der Waals surface area contributed by atoms with E-state index in [9.17, 15) is 4.39 Å². The Morgan fingerprint density at radius 3 is 2.37 bits per heavy atom. The molecule has 1 saturated carbocycles. The molecule has 0 aromatic heterocycles. The predicted octanol–water partition coefficient (Wildman–Crippen LogP) is 8.42. The fourth-order valence-corrected chi connectivity index (χ4v) is 5.53. The van der Waals surface area contributed by atoms with Crippen LogP contribution < -0.4 is 0 Å². The lowest BCUT2D eigenvalue weighted by molar-refractivity contribution is 0.303. The van der Waals surface area contributed by atoms with Gasteiger partial charge in [0.2, 0.25) is 0 Å². The van der Waals surface area contributed by atoms with Gasteiger partial charge in [0.25, 0.3) is 0 Å². The van der Waals surface area contributed by atoms with Crippen LogP contribution in [0.5, 0.6) is 0 Å². The highest BCUT2D eigenvalue weighted by Crippen LogP contribution is 2.38. The molecule has 0 bridgehead atoms. The number of unbranched alkanes of at least 4 members (excludes halogenated alkanes) is 2. The number of halogens is 1. The largest absolute Gasteiger partial charge is 0.206 e. The minimum Gasteiger partial charge on any atom is -0.206 e. The highest BCUT2D eigenvalue weighted by Gasteiger charge is 2.22. The number of hydrogen-bond donors (Lipinski definition) is 0. The molecule has 160 valence electrons. The van der Waals surface area contributed by atoms with E-state index in [1.54, 1.807) is 0 Å². The van der Waals surface area contributed by atoms with E-state index in [0.29, 0.717) is 6.42 Å². The fourth-order valence-electron chi connectivity index (χ4n) is 5.53. The lowest BCUT2D eigenvalue weighted by Gasteiger charge is -2.29. The van der Waals surface area contributed by atoms with Crippen molar-refractivity contribution in [3.05, 3.63) is 76.1 Å². The van der Waals surface area contributed by atoms with Crippen LogP contribution in [0.4, 0.5) is 4.39 Å². The molecule has 1 fully saturated rings. The molecule has 0 N–H and O–H groups in total. The van der Waals surface area contributed by atoms with Crippen molar-refractivity contribution in [2.75, 3.05) is 0 Å². The Labute approximate surface area is 182 Å². The van der Waals surface area contributed by atoms with Gasteiger partial charge in [-0.25, -0.2) is 4.39 Å². The summed E-state index contributed by atoms with van der Waals surface area (Å²) < 4.78 is 14.6. The molecule has 2 aromatic carbocycles. The Morgan fingerprint density at radius 1 is 0.900 bits per heavy atom. The standard InChI is InChI=1S/C29H37F/c1-3-5-6-7-21-8-10-23(11-9-21)24-13-15-25(16-14-24)26-18-19-28-27(20-26)17-12-22(4-2)29(28)30/h12-18,21,23H,3-11,19-20H2,1-2H3. The van der Waals surface area contributed by atoms with Gasteiger partial charge in [0.15, 0.2) is 0 Å². The smallest absolute Gasteiger partial charge is 0.130 e. The number of fused-ring (bicyclic) bond motifs is 1. The van der Waals surface area contributed by atoms with Crippen LogP contribution in [0.15, 0.2) is 42.5 Å². The maximum atomic E-state index is 14.6. The van der Waals surface area contributed by atoms with Gasteiger partial charge in [-0.2, -0.15) is 0 Å². The SMILES string of the molecule is CCCCCC1CCC(c2ccc(C3=CCc4c(ccc(CC)c4F)C3)cc2)CC1. The van der Waals surface area contributed by atoms with Crippen molar-refractivity contribution in [3.63, 3.8) is 0 Å². The molecule has 1 heteroatoms. The fraction of sp³-hybridized carbons (Fsp3) is 0.517. The van der Waals surface area contributed by atoms with Crippen LogP contribution >= 0.6 is 0 Å². The van der Waals surface area contributed by atoms with Crippen LogP contribution in [0, 0.1) is 11.7 Å². The lowest BCUT2D eigenvalue weighted by atomic mass is 9.76. The molecule has 0 saturated heterocycles. The summed E-state index contributed by atoms with van der Waals surface area (Å²) in [5.74, 6) is 1.73. The molecule has 0 spiro atoms. The number of benzene rings is 2. The highest BCUT2D eigenvalue weighted by atomic mass is 19.1. The molecule has 0 unspecified atom stereocenters. The van der Waals surface area contributed by atoms with E-state index in [-0.39, 0.29) is 5.82 Å². The van der Waals surface area contributed by atoms with Gasteiger partial charge in [0.05, 0.1) is 0 Å². The van der Waals surface area contributed by atoms with Crippen LogP contribution in [-0.4, -0.2) is 0 Å². The molecule has 0 heterocycles. The Morgan fingerprint density at radius 2 is 1.67 bits per heavy atom. The monoisotopic (exact) mass is 404 g/mol. The summed E-state index contributed by atoms with van der Waals surface area (Å²) in [6.07, 6.45) is 15.7. The van der Waals surface area contributed by atoms with Gasteiger partial charge in [-0.05, 0) is 90.2 Å². The van der Waals surface area contributed by atoms with E-state index in [4.69, 9.17) is 0 Å². The van der Waals surface area contributed by atoms with Gasteiger partial charge < -0.3 is 0 Å². The molecule has 0 amide bonds. The average molecular weight is 405 g/mol. The zero-order valence-corrected chi connectivity index (χ0v) is 18.9. The van der Waals surface area contributed by atoms with Crippen LogP contribution in [0.2, 0.25) is 0 Å². The number of allylic oxidation sites excluding steroid dienone is 2. The maximum Gasteiger partial charge on any atom is 0.130 e. The highest BCUT2D eigenvalue weighted by molar-refractivity contribution is 5.71. The number of aryl methyl sites for hydroxylation is 1. The molecular weight excluding hydrogens is 367 g/mol. The quantitative estimate of drug-likeness (QED) is 0.406. The molecule has 30 heavy (non-hydrogen) atoms. The zero-order valence-electron chi connectivity index (χ0n) is 18.9. The van der Waals surface area contributed by atoms with E-state index in [0.717, 1.165) is 41.4 Å². The minimum atomic E-state index is 0.0194. The van der Waals surface area contributed by atoms with E-state index in [1.165, 1.54) is 68.1 Å². The maximum absolute atomic E-state index is 14.6. The van der Waals surface area contributed by atoms with Gasteiger partial charge in [0.1, 0.15) is 5.82 Å². The average Bonchev–Trinajstić information content (AvgIpc) is 2.80. The Bertz CT molecular complexity index is 866. The molecule has 0 aliphatic heterocycles. The number of rotatable bonds is 7. The third-order valence-corrected chi connectivity index (χ3v) is 7.55. The lowest BCUT2D eigenvalue weighted by Crippen LogP contribution is -2.13. The second kappa shape index (κ2) is 9.94. The molecule has 2 aliphatic rings. The molecular formula is C29H37F. The molecule has 4 rings (SSSR count). The second-order valence-corrected chi connectivity index (χ2v) is 9.48. The third-order valence-electron chi connectivity index (χ3n) is 7.55. The van der Waals surface area contributed by atoms with Crippen molar-refractivity contribution in [2.45, 2.75) is 90.4 Å². The van der Waals surface area contributed by atoms with Crippen molar-refractivity contribution in [1.82, 2.24) is 0 Å². The van der Waals surface area contributed by atoms with Crippen LogP contribution in [0.3, 0.4) is 0 Å². The summed E-state index contributed by atoms with van der Waals surface area (Å²) in [5, 5.41) is 0. The summed E-state index contributed by atoms with van der Waals surface area (Å²) in [4.78, 5) is 0. The molecule has 2 aliphatic carbocycles. The first-order chi connectivity index (χ1) is 14.7. The van der Waals surface area contributed by atoms with Gasteiger partial charge in [0, 0.05) is 0 Å². The van der Waals surface area contributed by atoms with Crippen molar-refractivity contribution in [2.24, 2.45) is 5.92 Å². The van der Waals surface area contributed by atoms with Gasteiger partial charge in [-0.3, -0.25) is 0 Å². The molecule has 2 aromatic rings. The molecule has 0 radical (unpaired) electrons. The van der Waals surface area contributed by atoms with Crippen LogP contribution in [0.1, 0.15) is 98.9 Å². The normalized spacial score (nSPS) is 21.2. The van der Waals surface area contributed by atoms with Gasteiger partial charge in [-0.1, -0.05) is 82.0 Å². The van der Waals surface area contributed by atoms with E-state index < -0.39 is 0 Å².